The monoisotopic (exact) mass is 728 g/mol. The van der Waals surface area contributed by atoms with Gasteiger partial charge in [0.15, 0.2) is 0 Å². The number of hydrogen-bond acceptors (Lipinski definition) is 2. The molecule has 9 aromatic carbocycles. The van der Waals surface area contributed by atoms with Gasteiger partial charge in [-0.1, -0.05) is 146 Å². The molecule has 0 saturated heterocycles. The van der Waals surface area contributed by atoms with Crippen molar-refractivity contribution < 1.29 is 4.42 Å². The second kappa shape index (κ2) is 13.6. The third kappa shape index (κ3) is 5.60. The molecule has 0 aliphatic carbocycles. The number of nitrogens with zero attached hydrogens (tertiary/aromatic N) is 2. The third-order valence-corrected chi connectivity index (χ3v) is 11.2. The van der Waals surface area contributed by atoms with E-state index < -0.39 is 0 Å². The summed E-state index contributed by atoms with van der Waals surface area (Å²) >= 11 is 0. The summed E-state index contributed by atoms with van der Waals surface area (Å²) < 4.78 is 9.19. The average molecular weight is 729 g/mol. The first kappa shape index (κ1) is 32.8. The van der Waals surface area contributed by atoms with Gasteiger partial charge in [-0.25, -0.2) is 0 Å². The molecular weight excluding hydrogens is 693 g/mol. The van der Waals surface area contributed by atoms with Gasteiger partial charge >= 0.3 is 0 Å². The van der Waals surface area contributed by atoms with E-state index in [1.807, 2.05) is 6.07 Å². The van der Waals surface area contributed by atoms with Gasteiger partial charge in [0, 0.05) is 38.8 Å². The van der Waals surface area contributed by atoms with Crippen LogP contribution in [0.5, 0.6) is 0 Å². The molecular formula is C54H36N2O. The minimum absolute atomic E-state index is 0.864. The van der Waals surface area contributed by atoms with Crippen LogP contribution in [0.2, 0.25) is 0 Å². The Morgan fingerprint density at radius 1 is 0.368 bits per heavy atom. The topological polar surface area (TPSA) is 21.3 Å². The van der Waals surface area contributed by atoms with E-state index in [9.17, 15) is 0 Å². The maximum Gasteiger partial charge on any atom is 0.145 e. The van der Waals surface area contributed by atoms with Gasteiger partial charge in [-0.05, 0) is 101 Å². The zero-order valence-electron chi connectivity index (χ0n) is 31.1. The molecule has 0 atom stereocenters. The number of benzene rings is 9. The van der Waals surface area contributed by atoms with Crippen LogP contribution >= 0.6 is 0 Å². The average Bonchev–Trinajstić information content (AvgIpc) is 3.84. The first-order chi connectivity index (χ1) is 28.3. The quantitative estimate of drug-likeness (QED) is 0.163. The maximum atomic E-state index is 6.83. The van der Waals surface area contributed by atoms with Crippen molar-refractivity contribution in [3.05, 3.63) is 218 Å². The Morgan fingerprint density at radius 3 is 1.63 bits per heavy atom. The number of aromatic nitrogens is 1. The van der Waals surface area contributed by atoms with E-state index in [0.717, 1.165) is 61.4 Å². The third-order valence-electron chi connectivity index (χ3n) is 11.2. The van der Waals surface area contributed by atoms with Gasteiger partial charge in [-0.2, -0.15) is 0 Å². The van der Waals surface area contributed by atoms with Gasteiger partial charge in [-0.15, -0.1) is 0 Å². The predicted octanol–water partition coefficient (Wildman–Crippen LogP) is 15.2. The minimum atomic E-state index is 0.864. The SMILES string of the molecule is c1ccc(-c2cccc(-c3cccc(N(c4ccccc4)c4ccc(-c5ccc(-n6c7ccccc7c7ccccc76)cc5)c5oc6ccccc6c45)c3)c2)cc1. The normalized spacial score (nSPS) is 11.5. The van der Waals surface area contributed by atoms with Gasteiger partial charge in [0.05, 0.1) is 22.1 Å². The molecule has 268 valence electrons. The fourth-order valence-electron chi connectivity index (χ4n) is 8.55. The van der Waals surface area contributed by atoms with Crippen LogP contribution in [0.3, 0.4) is 0 Å². The summed E-state index contributed by atoms with van der Waals surface area (Å²) in [6.07, 6.45) is 0. The second-order valence-corrected chi connectivity index (χ2v) is 14.5. The van der Waals surface area contributed by atoms with Crippen molar-refractivity contribution in [1.82, 2.24) is 4.57 Å². The maximum absolute atomic E-state index is 6.83. The smallest absolute Gasteiger partial charge is 0.145 e. The molecule has 2 aromatic heterocycles. The Hall–Kier alpha value is -7.62. The molecule has 3 heteroatoms. The van der Waals surface area contributed by atoms with E-state index in [1.54, 1.807) is 0 Å². The van der Waals surface area contributed by atoms with Crippen LogP contribution in [0.15, 0.2) is 223 Å². The molecule has 11 aromatic rings. The molecule has 0 N–H and O–H groups in total. The Bertz CT molecular complexity index is 3180. The highest BCUT2D eigenvalue weighted by molar-refractivity contribution is 6.17. The van der Waals surface area contributed by atoms with E-state index in [0.29, 0.717) is 0 Å². The molecule has 57 heavy (non-hydrogen) atoms. The molecule has 3 nitrogen and oxygen atoms in total. The number of rotatable bonds is 7. The summed E-state index contributed by atoms with van der Waals surface area (Å²) in [4.78, 5) is 2.37. The molecule has 0 aliphatic heterocycles. The van der Waals surface area contributed by atoms with Gasteiger partial charge in [0.2, 0.25) is 0 Å². The lowest BCUT2D eigenvalue weighted by Crippen LogP contribution is -2.10. The first-order valence-electron chi connectivity index (χ1n) is 19.4. The highest BCUT2D eigenvalue weighted by Crippen LogP contribution is 2.47. The summed E-state index contributed by atoms with van der Waals surface area (Å²) in [5.74, 6) is 0. The Kier molecular flexibility index (Phi) is 7.82. The molecule has 0 fully saturated rings. The van der Waals surface area contributed by atoms with Crippen LogP contribution in [-0.2, 0) is 0 Å². The Balaban J connectivity index is 1.06. The van der Waals surface area contributed by atoms with Gasteiger partial charge in [-0.3, -0.25) is 0 Å². The van der Waals surface area contributed by atoms with Crippen LogP contribution in [0.4, 0.5) is 17.1 Å². The summed E-state index contributed by atoms with van der Waals surface area (Å²) in [5, 5.41) is 4.67. The summed E-state index contributed by atoms with van der Waals surface area (Å²) in [7, 11) is 0. The molecule has 0 radical (unpaired) electrons. The van der Waals surface area contributed by atoms with Crippen molar-refractivity contribution in [2.45, 2.75) is 0 Å². The van der Waals surface area contributed by atoms with E-state index in [-0.39, 0.29) is 0 Å². The zero-order valence-corrected chi connectivity index (χ0v) is 31.1. The van der Waals surface area contributed by atoms with Crippen LogP contribution in [0, 0.1) is 0 Å². The number of hydrogen-bond donors (Lipinski definition) is 0. The number of furan rings is 1. The van der Waals surface area contributed by atoms with Crippen molar-refractivity contribution >= 4 is 60.8 Å². The van der Waals surface area contributed by atoms with Crippen LogP contribution in [0.25, 0.3) is 82.8 Å². The Labute approximate surface area is 330 Å². The van der Waals surface area contributed by atoms with E-state index in [2.05, 4.69) is 222 Å². The lowest BCUT2D eigenvalue weighted by atomic mass is 9.98. The molecule has 11 rings (SSSR count). The van der Waals surface area contributed by atoms with Crippen molar-refractivity contribution in [2.24, 2.45) is 0 Å². The molecule has 0 bridgehead atoms. The summed E-state index contributed by atoms with van der Waals surface area (Å²) in [6, 6.07) is 77.9. The van der Waals surface area contributed by atoms with Crippen molar-refractivity contribution in [3.8, 4) is 39.1 Å². The van der Waals surface area contributed by atoms with E-state index in [4.69, 9.17) is 4.42 Å². The molecule has 0 spiro atoms. The highest BCUT2D eigenvalue weighted by atomic mass is 16.3. The van der Waals surface area contributed by atoms with Crippen LogP contribution in [0.1, 0.15) is 0 Å². The fraction of sp³-hybridized carbons (Fsp3) is 0. The lowest BCUT2D eigenvalue weighted by molar-refractivity contribution is 0.670. The number of para-hydroxylation sites is 4. The highest BCUT2D eigenvalue weighted by Gasteiger charge is 2.22. The van der Waals surface area contributed by atoms with E-state index >= 15 is 0 Å². The Morgan fingerprint density at radius 2 is 0.912 bits per heavy atom. The minimum Gasteiger partial charge on any atom is -0.455 e. The second-order valence-electron chi connectivity index (χ2n) is 14.5. The summed E-state index contributed by atoms with van der Waals surface area (Å²) in [6.45, 7) is 0. The predicted molar refractivity (Wildman–Crippen MR) is 239 cm³/mol. The van der Waals surface area contributed by atoms with Crippen LogP contribution < -0.4 is 4.90 Å². The van der Waals surface area contributed by atoms with E-state index in [1.165, 1.54) is 38.5 Å². The summed E-state index contributed by atoms with van der Waals surface area (Å²) in [5.41, 5.74) is 15.3. The van der Waals surface area contributed by atoms with Crippen molar-refractivity contribution in [3.63, 3.8) is 0 Å². The van der Waals surface area contributed by atoms with Gasteiger partial charge in [0.25, 0.3) is 0 Å². The van der Waals surface area contributed by atoms with Crippen LogP contribution in [-0.4, -0.2) is 4.57 Å². The van der Waals surface area contributed by atoms with Crippen molar-refractivity contribution in [1.29, 1.82) is 0 Å². The first-order valence-corrected chi connectivity index (χ1v) is 19.4. The molecule has 0 saturated carbocycles. The molecule has 0 amide bonds. The standard InChI is InChI=1S/C54H36N2O/c1-3-15-37(16-4-1)39-17-13-18-40(35-39)41-19-14-22-44(36-41)55(42-20-5-2-6-21-42)51-34-33-45(54-53(51)48-25-9-12-28-52(48)57-54)38-29-31-43(32-30-38)56-49-26-10-7-23-46(49)47-24-8-11-27-50(47)56/h1-36H. The van der Waals surface area contributed by atoms with Gasteiger partial charge in [0.1, 0.15) is 11.2 Å². The fourth-order valence-corrected chi connectivity index (χ4v) is 8.55. The molecule has 2 heterocycles. The van der Waals surface area contributed by atoms with Gasteiger partial charge < -0.3 is 13.9 Å². The van der Waals surface area contributed by atoms with Crippen molar-refractivity contribution in [2.75, 3.05) is 4.90 Å². The largest absolute Gasteiger partial charge is 0.455 e. The number of fused-ring (bicyclic) bond motifs is 6. The molecule has 0 aliphatic rings. The number of anilines is 3. The molecule has 0 unspecified atom stereocenters. The zero-order chi connectivity index (χ0) is 37.7. The lowest BCUT2D eigenvalue weighted by Gasteiger charge is -2.27.